The van der Waals surface area contributed by atoms with Gasteiger partial charge in [0.1, 0.15) is 5.75 Å². The third-order valence-electron chi connectivity index (χ3n) is 2.87. The Morgan fingerprint density at radius 2 is 1.95 bits per heavy atom. The Hall–Kier alpha value is -1.52. The maximum atomic E-state index is 9.53. The fourth-order valence-electron chi connectivity index (χ4n) is 1.85. The molecule has 100 valence electrons. The molecule has 0 saturated heterocycles. The molecule has 1 unspecified atom stereocenters. The van der Waals surface area contributed by atoms with Crippen LogP contribution < -0.4 is 10.1 Å². The van der Waals surface area contributed by atoms with E-state index in [9.17, 15) is 5.11 Å². The van der Waals surface area contributed by atoms with Gasteiger partial charge in [-0.05, 0) is 35.9 Å². The predicted octanol–water partition coefficient (Wildman–Crippen LogP) is 3.60. The van der Waals surface area contributed by atoms with Crippen LogP contribution in [0.5, 0.6) is 5.75 Å². The number of anilines is 1. The van der Waals surface area contributed by atoms with Gasteiger partial charge in [-0.25, -0.2) is 0 Å². The zero-order valence-electron chi connectivity index (χ0n) is 10.6. The molecule has 1 atom stereocenters. The molecule has 0 radical (unpaired) electrons. The summed E-state index contributed by atoms with van der Waals surface area (Å²) in [6.45, 7) is 0.0266. The first kappa shape index (κ1) is 13.9. The van der Waals surface area contributed by atoms with E-state index in [1.165, 1.54) is 0 Å². The Balaban J connectivity index is 2.15. The van der Waals surface area contributed by atoms with Crippen LogP contribution in [-0.2, 0) is 0 Å². The molecular formula is C15H16BrNO2. The molecule has 0 saturated carbocycles. The highest BCUT2D eigenvalue weighted by atomic mass is 79.9. The van der Waals surface area contributed by atoms with E-state index in [0.29, 0.717) is 0 Å². The second kappa shape index (κ2) is 6.59. The van der Waals surface area contributed by atoms with Gasteiger partial charge < -0.3 is 15.2 Å². The Bertz CT molecular complexity index is 528. The zero-order valence-corrected chi connectivity index (χ0v) is 12.2. The molecule has 0 aromatic heterocycles. The van der Waals surface area contributed by atoms with Gasteiger partial charge in [0.25, 0.3) is 0 Å². The minimum atomic E-state index is -0.139. The van der Waals surface area contributed by atoms with E-state index in [2.05, 4.69) is 21.2 Å². The Labute approximate surface area is 121 Å². The smallest absolute Gasteiger partial charge is 0.118 e. The lowest BCUT2D eigenvalue weighted by Crippen LogP contribution is -2.14. The maximum absolute atomic E-state index is 9.53. The summed E-state index contributed by atoms with van der Waals surface area (Å²) < 4.78 is 6.13. The number of hydrogen-bond acceptors (Lipinski definition) is 3. The summed E-state index contributed by atoms with van der Waals surface area (Å²) >= 11 is 3.43. The molecule has 0 aliphatic carbocycles. The number of methoxy groups -OCH3 is 1. The van der Waals surface area contributed by atoms with Crippen LogP contribution in [0.2, 0.25) is 0 Å². The normalized spacial score (nSPS) is 11.9. The lowest BCUT2D eigenvalue weighted by atomic mass is 10.1. The van der Waals surface area contributed by atoms with Crippen molar-refractivity contribution in [2.45, 2.75) is 6.04 Å². The number of nitrogens with one attached hydrogen (secondary N) is 1. The van der Waals surface area contributed by atoms with Crippen molar-refractivity contribution in [2.75, 3.05) is 19.0 Å². The lowest BCUT2D eigenvalue weighted by molar-refractivity contribution is 0.276. The highest BCUT2D eigenvalue weighted by Gasteiger charge is 2.10. The Kier molecular flexibility index (Phi) is 4.82. The minimum absolute atomic E-state index is 0.0266. The summed E-state index contributed by atoms with van der Waals surface area (Å²) in [5.74, 6) is 0.808. The fraction of sp³-hybridized carbons (Fsp3) is 0.200. The third-order valence-corrected chi connectivity index (χ3v) is 3.36. The molecule has 0 heterocycles. The van der Waals surface area contributed by atoms with Crippen LogP contribution >= 0.6 is 15.9 Å². The highest BCUT2D eigenvalue weighted by Crippen LogP contribution is 2.23. The van der Waals surface area contributed by atoms with Gasteiger partial charge in [-0.15, -0.1) is 0 Å². The van der Waals surface area contributed by atoms with E-state index in [-0.39, 0.29) is 12.6 Å². The molecule has 0 aliphatic heterocycles. The second-order valence-electron chi connectivity index (χ2n) is 4.16. The van der Waals surface area contributed by atoms with Gasteiger partial charge >= 0.3 is 0 Å². The third kappa shape index (κ3) is 3.72. The summed E-state index contributed by atoms with van der Waals surface area (Å²) in [5, 5.41) is 12.8. The van der Waals surface area contributed by atoms with Crippen molar-refractivity contribution in [3.05, 3.63) is 58.6 Å². The Morgan fingerprint density at radius 3 is 2.53 bits per heavy atom. The van der Waals surface area contributed by atoms with E-state index < -0.39 is 0 Å². The van der Waals surface area contributed by atoms with E-state index in [1.807, 2.05) is 48.5 Å². The van der Waals surface area contributed by atoms with E-state index >= 15 is 0 Å². The molecule has 3 nitrogen and oxygen atoms in total. The van der Waals surface area contributed by atoms with E-state index in [4.69, 9.17) is 4.74 Å². The van der Waals surface area contributed by atoms with Crippen LogP contribution in [0.1, 0.15) is 11.6 Å². The fourth-order valence-corrected chi connectivity index (χ4v) is 2.25. The monoisotopic (exact) mass is 321 g/mol. The number of rotatable bonds is 5. The quantitative estimate of drug-likeness (QED) is 0.884. The van der Waals surface area contributed by atoms with Crippen LogP contribution in [0.15, 0.2) is 53.0 Å². The number of aliphatic hydroxyl groups is 1. The van der Waals surface area contributed by atoms with Crippen LogP contribution in [0, 0.1) is 0 Å². The van der Waals surface area contributed by atoms with Crippen molar-refractivity contribution in [1.82, 2.24) is 0 Å². The van der Waals surface area contributed by atoms with Crippen LogP contribution in [0.25, 0.3) is 0 Å². The van der Waals surface area contributed by atoms with Crippen molar-refractivity contribution < 1.29 is 9.84 Å². The number of halogens is 1. The average Bonchev–Trinajstić information content (AvgIpc) is 2.45. The predicted molar refractivity (Wildman–Crippen MR) is 80.6 cm³/mol. The SMILES string of the molecule is COc1ccc(C(CO)Nc2cccc(Br)c2)cc1. The number of benzene rings is 2. The molecule has 0 amide bonds. The zero-order chi connectivity index (χ0) is 13.7. The molecular weight excluding hydrogens is 306 g/mol. The molecule has 2 rings (SSSR count). The summed E-state index contributed by atoms with van der Waals surface area (Å²) in [6, 6.07) is 15.4. The second-order valence-corrected chi connectivity index (χ2v) is 5.08. The van der Waals surface area contributed by atoms with Gasteiger partial charge in [0, 0.05) is 10.2 Å². The van der Waals surface area contributed by atoms with Gasteiger partial charge in [-0.2, -0.15) is 0 Å². The minimum Gasteiger partial charge on any atom is -0.497 e. The maximum Gasteiger partial charge on any atom is 0.118 e. The molecule has 0 bridgehead atoms. The molecule has 2 aromatic carbocycles. The van der Waals surface area contributed by atoms with Gasteiger partial charge in [-0.3, -0.25) is 0 Å². The van der Waals surface area contributed by atoms with Gasteiger partial charge in [0.15, 0.2) is 0 Å². The van der Waals surface area contributed by atoms with Gasteiger partial charge in [-0.1, -0.05) is 34.1 Å². The van der Waals surface area contributed by atoms with Crippen LogP contribution in [0.4, 0.5) is 5.69 Å². The standard InChI is InChI=1S/C15H16BrNO2/c1-19-14-7-5-11(6-8-14)15(10-18)17-13-4-2-3-12(16)9-13/h2-9,15,17-18H,10H2,1H3. The first-order valence-electron chi connectivity index (χ1n) is 6.00. The molecule has 0 spiro atoms. The molecule has 0 aliphatic rings. The van der Waals surface area contributed by atoms with Crippen LogP contribution in [-0.4, -0.2) is 18.8 Å². The number of ether oxygens (including phenoxy) is 1. The molecule has 2 N–H and O–H groups in total. The molecule has 2 aromatic rings. The number of hydrogen-bond donors (Lipinski definition) is 2. The Morgan fingerprint density at radius 1 is 1.21 bits per heavy atom. The first-order valence-corrected chi connectivity index (χ1v) is 6.79. The molecule has 19 heavy (non-hydrogen) atoms. The van der Waals surface area contributed by atoms with Gasteiger partial charge in [0.2, 0.25) is 0 Å². The van der Waals surface area contributed by atoms with Crippen molar-refractivity contribution in [1.29, 1.82) is 0 Å². The average molecular weight is 322 g/mol. The summed E-state index contributed by atoms with van der Waals surface area (Å²) in [4.78, 5) is 0. The van der Waals surface area contributed by atoms with Crippen LogP contribution in [0.3, 0.4) is 0 Å². The summed E-state index contributed by atoms with van der Waals surface area (Å²) in [6.07, 6.45) is 0. The largest absolute Gasteiger partial charge is 0.497 e. The number of aliphatic hydroxyl groups excluding tert-OH is 1. The van der Waals surface area contributed by atoms with E-state index in [1.54, 1.807) is 7.11 Å². The van der Waals surface area contributed by atoms with Crippen molar-refractivity contribution in [3.8, 4) is 5.75 Å². The summed E-state index contributed by atoms with van der Waals surface area (Å²) in [5.41, 5.74) is 1.98. The van der Waals surface area contributed by atoms with Crippen molar-refractivity contribution in [2.24, 2.45) is 0 Å². The van der Waals surface area contributed by atoms with Crippen molar-refractivity contribution in [3.63, 3.8) is 0 Å². The van der Waals surface area contributed by atoms with Crippen molar-refractivity contribution >= 4 is 21.6 Å². The topological polar surface area (TPSA) is 41.5 Å². The van der Waals surface area contributed by atoms with Gasteiger partial charge in [0.05, 0.1) is 19.8 Å². The summed E-state index contributed by atoms with van der Waals surface area (Å²) in [7, 11) is 1.64. The molecule has 0 fully saturated rings. The molecule has 4 heteroatoms. The highest BCUT2D eigenvalue weighted by molar-refractivity contribution is 9.10. The van der Waals surface area contributed by atoms with E-state index in [0.717, 1.165) is 21.5 Å². The first-order chi connectivity index (χ1) is 9.22. The lowest BCUT2D eigenvalue weighted by Gasteiger charge is -2.18.